The maximum atomic E-state index is 13.0. The Morgan fingerprint density at radius 1 is 0.893 bits per heavy atom. The summed E-state index contributed by atoms with van der Waals surface area (Å²) in [4.78, 5) is 17.3. The molecule has 144 valence electrons. The Balaban J connectivity index is 1.40. The summed E-state index contributed by atoms with van der Waals surface area (Å²) in [5.74, 6) is 0. The van der Waals surface area contributed by atoms with Crippen LogP contribution in [0.1, 0.15) is 22.7 Å². The number of hydrogen-bond donors (Lipinski definition) is 1. The van der Waals surface area contributed by atoms with E-state index in [1.54, 1.807) is 11.3 Å². The number of piperazine rings is 1. The molecule has 4 nitrogen and oxygen atoms in total. The molecule has 1 N–H and O–H groups in total. The topological polar surface area (TPSA) is 35.6 Å². The Bertz CT molecular complexity index is 820. The molecular formula is C23H25N3OS. The van der Waals surface area contributed by atoms with E-state index in [0.29, 0.717) is 0 Å². The number of nitrogens with zero attached hydrogens (tertiary/aromatic N) is 2. The van der Waals surface area contributed by atoms with Gasteiger partial charge in [0.05, 0.1) is 6.04 Å². The third kappa shape index (κ3) is 4.61. The molecule has 1 aliphatic heterocycles. The second-order valence-electron chi connectivity index (χ2n) is 7.10. The number of hydrogen-bond acceptors (Lipinski definition) is 3. The minimum absolute atomic E-state index is 0.00731. The first kappa shape index (κ1) is 18.7. The van der Waals surface area contributed by atoms with E-state index in [4.69, 9.17) is 0 Å². The van der Waals surface area contributed by atoms with Crippen LogP contribution in [0.2, 0.25) is 0 Å². The zero-order chi connectivity index (χ0) is 19.2. The van der Waals surface area contributed by atoms with Crippen molar-refractivity contribution in [2.75, 3.05) is 26.2 Å². The van der Waals surface area contributed by atoms with Gasteiger partial charge in [0, 0.05) is 32.7 Å². The Morgan fingerprint density at radius 2 is 1.50 bits per heavy atom. The first-order valence-corrected chi connectivity index (χ1v) is 10.6. The van der Waals surface area contributed by atoms with Gasteiger partial charge in [-0.05, 0) is 33.5 Å². The number of carbonyl (C=O) groups is 1. The molecule has 1 saturated heterocycles. The molecule has 2 heterocycles. The summed E-state index contributed by atoms with van der Waals surface area (Å²) < 4.78 is 0. The largest absolute Gasteiger partial charge is 0.327 e. The summed E-state index contributed by atoms with van der Waals surface area (Å²) in [6.07, 6.45) is 0. The number of benzene rings is 2. The van der Waals surface area contributed by atoms with Gasteiger partial charge in [0.2, 0.25) is 0 Å². The predicted molar refractivity (Wildman–Crippen MR) is 114 cm³/mol. The van der Waals surface area contributed by atoms with Crippen LogP contribution in [0.25, 0.3) is 0 Å². The van der Waals surface area contributed by atoms with Crippen LogP contribution >= 0.6 is 11.3 Å². The zero-order valence-corrected chi connectivity index (χ0v) is 16.6. The van der Waals surface area contributed by atoms with Crippen LogP contribution in [0, 0.1) is 0 Å². The molecule has 0 spiro atoms. The van der Waals surface area contributed by atoms with Gasteiger partial charge in [-0.3, -0.25) is 4.90 Å². The number of carbonyl (C=O) groups excluding carboxylic acids is 1. The average molecular weight is 392 g/mol. The third-order valence-electron chi connectivity index (χ3n) is 5.18. The van der Waals surface area contributed by atoms with Crippen LogP contribution in [0.5, 0.6) is 0 Å². The molecule has 0 aliphatic carbocycles. The summed E-state index contributed by atoms with van der Waals surface area (Å²) in [5, 5.41) is 7.57. The lowest BCUT2D eigenvalue weighted by Crippen LogP contribution is -2.52. The van der Waals surface area contributed by atoms with Crippen LogP contribution in [-0.4, -0.2) is 42.0 Å². The lowest BCUT2D eigenvalue weighted by Gasteiger charge is -2.35. The molecule has 28 heavy (non-hydrogen) atoms. The van der Waals surface area contributed by atoms with E-state index in [1.165, 1.54) is 5.56 Å². The maximum Gasteiger partial charge on any atom is 0.318 e. The Kier molecular flexibility index (Phi) is 6.04. The van der Waals surface area contributed by atoms with Crippen LogP contribution in [0.3, 0.4) is 0 Å². The smallest absolute Gasteiger partial charge is 0.318 e. The van der Waals surface area contributed by atoms with Crippen molar-refractivity contribution < 1.29 is 4.79 Å². The minimum Gasteiger partial charge on any atom is -0.327 e. The lowest BCUT2D eigenvalue weighted by atomic mass is 9.99. The van der Waals surface area contributed by atoms with Crippen molar-refractivity contribution in [1.29, 1.82) is 0 Å². The fourth-order valence-corrected chi connectivity index (χ4v) is 4.27. The van der Waals surface area contributed by atoms with Gasteiger partial charge < -0.3 is 10.2 Å². The third-order valence-corrected chi connectivity index (χ3v) is 5.91. The molecule has 0 bridgehead atoms. The molecule has 2 aromatic carbocycles. The van der Waals surface area contributed by atoms with Gasteiger partial charge in [-0.1, -0.05) is 60.7 Å². The highest BCUT2D eigenvalue weighted by Gasteiger charge is 2.24. The first-order chi connectivity index (χ1) is 13.8. The molecule has 0 unspecified atom stereocenters. The van der Waals surface area contributed by atoms with E-state index in [-0.39, 0.29) is 12.1 Å². The monoisotopic (exact) mass is 391 g/mol. The highest BCUT2D eigenvalue weighted by atomic mass is 32.1. The Labute approximate surface area is 170 Å². The highest BCUT2D eigenvalue weighted by molar-refractivity contribution is 7.07. The van der Waals surface area contributed by atoms with Crippen molar-refractivity contribution in [3.63, 3.8) is 0 Å². The van der Waals surface area contributed by atoms with Gasteiger partial charge in [0.15, 0.2) is 0 Å². The van der Waals surface area contributed by atoms with Gasteiger partial charge in [-0.25, -0.2) is 4.79 Å². The number of rotatable bonds is 5. The van der Waals surface area contributed by atoms with E-state index in [2.05, 4.69) is 51.3 Å². The number of amides is 2. The fourth-order valence-electron chi connectivity index (χ4n) is 3.61. The second-order valence-corrected chi connectivity index (χ2v) is 7.88. The van der Waals surface area contributed by atoms with Crippen LogP contribution in [0.15, 0.2) is 77.5 Å². The van der Waals surface area contributed by atoms with Crippen molar-refractivity contribution in [3.05, 3.63) is 94.2 Å². The van der Waals surface area contributed by atoms with E-state index in [9.17, 15) is 4.79 Å². The standard InChI is InChI=1S/C23H25N3OS/c27-23(26-14-12-25(13-15-26)17-19-11-16-28-18-19)24-22(20-7-3-1-4-8-20)21-9-5-2-6-10-21/h1-11,16,18,22H,12-15,17H2,(H,24,27). The van der Waals surface area contributed by atoms with Gasteiger partial charge in [-0.2, -0.15) is 11.3 Å². The molecular weight excluding hydrogens is 366 g/mol. The Morgan fingerprint density at radius 3 is 2.04 bits per heavy atom. The molecule has 1 aromatic heterocycles. The van der Waals surface area contributed by atoms with Crippen LogP contribution in [-0.2, 0) is 6.54 Å². The van der Waals surface area contributed by atoms with E-state index in [0.717, 1.165) is 43.9 Å². The van der Waals surface area contributed by atoms with Crippen molar-refractivity contribution in [2.45, 2.75) is 12.6 Å². The molecule has 1 fully saturated rings. The molecule has 2 amide bonds. The van der Waals surface area contributed by atoms with Gasteiger partial charge in [0.1, 0.15) is 0 Å². The predicted octanol–water partition coefficient (Wildman–Crippen LogP) is 4.36. The van der Waals surface area contributed by atoms with Gasteiger partial charge >= 0.3 is 6.03 Å². The summed E-state index contributed by atoms with van der Waals surface area (Å²) >= 11 is 1.74. The molecule has 1 aliphatic rings. The number of nitrogens with one attached hydrogen (secondary N) is 1. The number of thiophene rings is 1. The van der Waals surface area contributed by atoms with E-state index >= 15 is 0 Å². The average Bonchev–Trinajstić information content (AvgIpc) is 3.27. The van der Waals surface area contributed by atoms with Crippen molar-refractivity contribution in [2.24, 2.45) is 0 Å². The summed E-state index contributed by atoms with van der Waals surface area (Å²) in [5.41, 5.74) is 3.55. The zero-order valence-electron chi connectivity index (χ0n) is 15.8. The quantitative estimate of drug-likeness (QED) is 0.701. The van der Waals surface area contributed by atoms with Crippen molar-refractivity contribution >= 4 is 17.4 Å². The van der Waals surface area contributed by atoms with Crippen LogP contribution in [0.4, 0.5) is 4.79 Å². The summed E-state index contributed by atoms with van der Waals surface area (Å²) in [6, 6.07) is 22.4. The van der Waals surface area contributed by atoms with Gasteiger partial charge in [0.25, 0.3) is 0 Å². The minimum atomic E-state index is -0.140. The highest BCUT2D eigenvalue weighted by Crippen LogP contribution is 2.22. The molecule has 5 heteroatoms. The normalized spacial score (nSPS) is 15.0. The van der Waals surface area contributed by atoms with Crippen LogP contribution < -0.4 is 5.32 Å². The van der Waals surface area contributed by atoms with Gasteiger partial charge in [-0.15, -0.1) is 0 Å². The molecule has 0 atom stereocenters. The van der Waals surface area contributed by atoms with E-state index in [1.807, 2.05) is 41.3 Å². The Hall–Kier alpha value is -2.63. The van der Waals surface area contributed by atoms with Crippen molar-refractivity contribution in [1.82, 2.24) is 15.1 Å². The molecule has 4 rings (SSSR count). The first-order valence-electron chi connectivity index (χ1n) is 9.68. The maximum absolute atomic E-state index is 13.0. The van der Waals surface area contributed by atoms with E-state index < -0.39 is 0 Å². The second kappa shape index (κ2) is 9.04. The molecule has 0 radical (unpaired) electrons. The summed E-state index contributed by atoms with van der Waals surface area (Å²) in [6.45, 7) is 4.30. The fraction of sp³-hybridized carbons (Fsp3) is 0.261. The lowest BCUT2D eigenvalue weighted by molar-refractivity contribution is 0.134. The van der Waals surface area contributed by atoms with Crippen molar-refractivity contribution in [3.8, 4) is 0 Å². The molecule has 3 aromatic rings. The number of urea groups is 1. The summed E-state index contributed by atoms with van der Waals surface area (Å²) in [7, 11) is 0. The SMILES string of the molecule is O=C(NC(c1ccccc1)c1ccccc1)N1CCN(Cc2ccsc2)CC1. The molecule has 0 saturated carbocycles.